The number of aromatic nitrogens is 3. The van der Waals surface area contributed by atoms with E-state index in [1.165, 1.54) is 16.5 Å². The third-order valence-corrected chi connectivity index (χ3v) is 5.92. The first-order valence-corrected chi connectivity index (χ1v) is 12.0. The smallest absolute Gasteiger partial charge is 0.138 e. The van der Waals surface area contributed by atoms with Crippen LogP contribution in [-0.4, -0.2) is 27.6 Å². The number of H-pyrrole nitrogens is 1. The third-order valence-electron chi connectivity index (χ3n) is 5.92. The van der Waals surface area contributed by atoms with Gasteiger partial charge in [0, 0.05) is 42.1 Å². The van der Waals surface area contributed by atoms with E-state index in [0.29, 0.717) is 12.4 Å². The molecule has 0 radical (unpaired) electrons. The Morgan fingerprint density at radius 3 is 2.69 bits per heavy atom. The van der Waals surface area contributed by atoms with Gasteiger partial charge in [0.05, 0.1) is 6.20 Å². The van der Waals surface area contributed by atoms with Crippen LogP contribution >= 0.6 is 0 Å². The Kier molecular flexibility index (Phi) is 7.35. The van der Waals surface area contributed by atoms with Gasteiger partial charge in [-0.05, 0) is 52.9 Å². The minimum Gasteiger partial charge on any atom is -0.490 e. The lowest BCUT2D eigenvalue weighted by Crippen LogP contribution is -2.30. The number of ether oxygens (including phenoxy) is 1. The first kappa shape index (κ1) is 23.3. The number of aromatic amines is 1. The Morgan fingerprint density at radius 2 is 1.78 bits per heavy atom. The Labute approximate surface area is 210 Å². The monoisotopic (exact) mass is 475 g/mol. The maximum Gasteiger partial charge on any atom is 0.138 e. The summed E-state index contributed by atoms with van der Waals surface area (Å²) in [6.45, 7) is 1.14. The molecule has 3 aromatic heterocycles. The van der Waals surface area contributed by atoms with Gasteiger partial charge in [0.25, 0.3) is 0 Å². The van der Waals surface area contributed by atoms with Crippen molar-refractivity contribution < 1.29 is 4.74 Å². The Hall–Kier alpha value is -4.42. The van der Waals surface area contributed by atoms with E-state index in [9.17, 15) is 0 Å². The molecule has 180 valence electrons. The molecule has 5 rings (SSSR count). The van der Waals surface area contributed by atoms with Crippen LogP contribution in [0, 0.1) is 0 Å². The van der Waals surface area contributed by atoms with Crippen molar-refractivity contribution >= 4 is 28.9 Å². The first-order chi connectivity index (χ1) is 17.7. The SMILES string of the molecule is N[C@@H](COc1cncc(C=Cc2ccnc(NCc3ccccc3)c2)c1)Cc1c[nH]c2ccccc12. The molecule has 0 spiro atoms. The summed E-state index contributed by atoms with van der Waals surface area (Å²) in [7, 11) is 0. The average Bonchev–Trinajstić information content (AvgIpc) is 3.33. The number of benzene rings is 2. The molecule has 36 heavy (non-hydrogen) atoms. The number of anilines is 1. The maximum absolute atomic E-state index is 6.37. The highest BCUT2D eigenvalue weighted by molar-refractivity contribution is 5.83. The zero-order valence-electron chi connectivity index (χ0n) is 20.0. The van der Waals surface area contributed by atoms with Crippen LogP contribution in [0.15, 0.2) is 97.6 Å². The predicted molar refractivity (Wildman–Crippen MR) is 147 cm³/mol. The van der Waals surface area contributed by atoms with E-state index in [1.54, 1.807) is 12.4 Å². The van der Waals surface area contributed by atoms with Crippen LogP contribution in [0.5, 0.6) is 5.75 Å². The van der Waals surface area contributed by atoms with E-state index in [1.807, 2.05) is 73.1 Å². The summed E-state index contributed by atoms with van der Waals surface area (Å²) in [5, 5.41) is 4.57. The largest absolute Gasteiger partial charge is 0.490 e. The Morgan fingerprint density at radius 1 is 0.944 bits per heavy atom. The van der Waals surface area contributed by atoms with Crippen LogP contribution in [0.3, 0.4) is 0 Å². The van der Waals surface area contributed by atoms with Gasteiger partial charge >= 0.3 is 0 Å². The molecule has 4 N–H and O–H groups in total. The molecular formula is C30H29N5O. The van der Waals surface area contributed by atoms with Crippen LogP contribution in [-0.2, 0) is 13.0 Å². The first-order valence-electron chi connectivity index (χ1n) is 12.0. The van der Waals surface area contributed by atoms with Crippen molar-refractivity contribution in [1.29, 1.82) is 0 Å². The second-order valence-corrected chi connectivity index (χ2v) is 8.74. The molecule has 6 heteroatoms. The molecule has 0 saturated heterocycles. The number of nitrogens with one attached hydrogen (secondary N) is 2. The summed E-state index contributed by atoms with van der Waals surface area (Å²) >= 11 is 0. The van der Waals surface area contributed by atoms with E-state index in [0.717, 1.165) is 35.4 Å². The van der Waals surface area contributed by atoms with Crippen molar-refractivity contribution in [1.82, 2.24) is 15.0 Å². The van der Waals surface area contributed by atoms with Crippen LogP contribution in [0.25, 0.3) is 23.1 Å². The van der Waals surface area contributed by atoms with Crippen molar-refractivity contribution in [3.05, 3.63) is 120 Å². The fourth-order valence-corrected chi connectivity index (χ4v) is 4.08. The number of pyridine rings is 2. The third kappa shape index (κ3) is 6.17. The number of nitrogens with zero attached hydrogens (tertiary/aromatic N) is 2. The summed E-state index contributed by atoms with van der Waals surface area (Å²) in [6.07, 6.45) is 12.2. The van der Waals surface area contributed by atoms with Crippen molar-refractivity contribution in [2.75, 3.05) is 11.9 Å². The van der Waals surface area contributed by atoms with Crippen LogP contribution in [0.4, 0.5) is 5.82 Å². The lowest BCUT2D eigenvalue weighted by atomic mass is 10.1. The van der Waals surface area contributed by atoms with E-state index >= 15 is 0 Å². The summed E-state index contributed by atoms with van der Waals surface area (Å²) < 4.78 is 5.96. The Bertz CT molecular complexity index is 1440. The van der Waals surface area contributed by atoms with E-state index in [-0.39, 0.29) is 6.04 Å². The molecule has 0 aliphatic carbocycles. The number of hydrogen-bond acceptors (Lipinski definition) is 5. The highest BCUT2D eigenvalue weighted by Gasteiger charge is 2.10. The van der Waals surface area contributed by atoms with Gasteiger partial charge in [-0.2, -0.15) is 0 Å². The molecule has 0 fully saturated rings. The summed E-state index contributed by atoms with van der Waals surface area (Å²) in [4.78, 5) is 12.0. The molecule has 0 unspecified atom stereocenters. The number of fused-ring (bicyclic) bond motifs is 1. The van der Waals surface area contributed by atoms with E-state index in [2.05, 4.69) is 44.5 Å². The van der Waals surface area contributed by atoms with Gasteiger partial charge in [0.1, 0.15) is 18.2 Å². The van der Waals surface area contributed by atoms with Crippen molar-refractivity contribution in [2.24, 2.45) is 5.73 Å². The standard InChI is InChI=1S/C30H29N5O/c31-26(16-25-19-34-29-9-5-4-8-28(25)29)21-36-27-14-24(17-32-20-27)11-10-22-12-13-33-30(15-22)35-18-23-6-2-1-3-7-23/h1-15,17,19-20,26,34H,16,18,21,31H2,(H,33,35)/t26-/m1/s1. The zero-order valence-corrected chi connectivity index (χ0v) is 20.0. The molecule has 0 bridgehead atoms. The molecule has 3 heterocycles. The minimum absolute atomic E-state index is 0.123. The number of nitrogens with two attached hydrogens (primary N) is 1. The van der Waals surface area contributed by atoms with Crippen molar-refractivity contribution in [3.63, 3.8) is 0 Å². The van der Waals surface area contributed by atoms with Crippen LogP contribution in [0.1, 0.15) is 22.3 Å². The van der Waals surface area contributed by atoms with Crippen molar-refractivity contribution in [3.8, 4) is 5.75 Å². The molecular weight excluding hydrogens is 446 g/mol. The van der Waals surface area contributed by atoms with E-state index in [4.69, 9.17) is 10.5 Å². The van der Waals surface area contributed by atoms with Gasteiger partial charge < -0.3 is 20.8 Å². The molecule has 2 aromatic carbocycles. The van der Waals surface area contributed by atoms with Gasteiger partial charge in [-0.25, -0.2) is 4.98 Å². The number of rotatable bonds is 10. The molecule has 5 aromatic rings. The zero-order chi connectivity index (χ0) is 24.6. The molecule has 6 nitrogen and oxygen atoms in total. The quantitative estimate of drug-likeness (QED) is 0.241. The van der Waals surface area contributed by atoms with Crippen molar-refractivity contribution in [2.45, 2.75) is 19.0 Å². The molecule has 0 aliphatic heterocycles. The lowest BCUT2D eigenvalue weighted by molar-refractivity contribution is 0.287. The highest BCUT2D eigenvalue weighted by Crippen LogP contribution is 2.20. The Balaban J connectivity index is 1.16. The highest BCUT2D eigenvalue weighted by atomic mass is 16.5. The number of para-hydroxylation sites is 1. The van der Waals surface area contributed by atoms with Gasteiger partial charge in [0.2, 0.25) is 0 Å². The van der Waals surface area contributed by atoms with Gasteiger partial charge in [-0.1, -0.05) is 60.7 Å². The molecule has 0 amide bonds. The number of hydrogen-bond donors (Lipinski definition) is 3. The fraction of sp³-hybridized carbons (Fsp3) is 0.133. The maximum atomic E-state index is 6.37. The summed E-state index contributed by atoms with van der Waals surface area (Å²) in [5.74, 6) is 1.53. The van der Waals surface area contributed by atoms with E-state index < -0.39 is 0 Å². The lowest BCUT2D eigenvalue weighted by Gasteiger charge is -2.13. The molecule has 0 saturated carbocycles. The molecule has 1 atom stereocenters. The van der Waals surface area contributed by atoms with Gasteiger partial charge in [-0.3, -0.25) is 4.98 Å². The minimum atomic E-state index is -0.123. The molecule has 0 aliphatic rings. The summed E-state index contributed by atoms with van der Waals surface area (Å²) in [5.41, 5.74) is 11.9. The van der Waals surface area contributed by atoms with Gasteiger partial charge in [-0.15, -0.1) is 0 Å². The normalized spacial score (nSPS) is 12.1. The summed E-state index contributed by atoms with van der Waals surface area (Å²) in [6, 6.07) is 24.4. The second-order valence-electron chi connectivity index (χ2n) is 8.74. The van der Waals surface area contributed by atoms with Gasteiger partial charge in [0.15, 0.2) is 0 Å². The second kappa shape index (κ2) is 11.3. The average molecular weight is 476 g/mol. The fourth-order valence-electron chi connectivity index (χ4n) is 4.08. The van der Waals surface area contributed by atoms with Crippen LogP contribution in [0.2, 0.25) is 0 Å². The predicted octanol–water partition coefficient (Wildman–Crippen LogP) is 5.69. The topological polar surface area (TPSA) is 88.8 Å². The van der Waals surface area contributed by atoms with Crippen LogP contribution < -0.4 is 15.8 Å².